The van der Waals surface area contributed by atoms with Gasteiger partial charge in [-0.05, 0) is 18.4 Å². The fourth-order valence-corrected chi connectivity index (χ4v) is 2.99. The lowest BCUT2D eigenvalue weighted by Crippen LogP contribution is -2.35. The maximum atomic E-state index is 12.8. The number of hydrogen-bond acceptors (Lipinski definition) is 5. The first-order valence-corrected chi connectivity index (χ1v) is 8.18. The maximum absolute atomic E-state index is 12.8. The van der Waals surface area contributed by atoms with E-state index in [0.29, 0.717) is 23.0 Å². The first-order chi connectivity index (χ1) is 11.9. The molecule has 1 aliphatic carbocycles. The van der Waals surface area contributed by atoms with E-state index in [-0.39, 0.29) is 23.0 Å². The Kier molecular flexibility index (Phi) is 4.30. The molecular weight excluding hydrogens is 322 g/mol. The summed E-state index contributed by atoms with van der Waals surface area (Å²) in [6.45, 7) is 3.97. The third-order valence-corrected chi connectivity index (χ3v) is 4.94. The predicted octanol–water partition coefficient (Wildman–Crippen LogP) is 4.19. The van der Waals surface area contributed by atoms with Crippen LogP contribution in [0.1, 0.15) is 37.0 Å². The highest BCUT2D eigenvalue weighted by molar-refractivity contribution is 6.17. The van der Waals surface area contributed by atoms with Crippen molar-refractivity contribution >= 4 is 22.4 Å². The molecule has 0 bridgehead atoms. The number of carbonyl (C=O) groups excluding carboxylic acids is 1. The van der Waals surface area contributed by atoms with Crippen LogP contribution in [0.3, 0.4) is 0 Å². The Bertz CT molecular complexity index is 908. The van der Waals surface area contributed by atoms with Gasteiger partial charge in [0.05, 0.1) is 16.1 Å². The second kappa shape index (κ2) is 6.29. The van der Waals surface area contributed by atoms with Crippen molar-refractivity contribution in [2.24, 2.45) is 5.92 Å². The van der Waals surface area contributed by atoms with E-state index < -0.39 is 10.5 Å². The van der Waals surface area contributed by atoms with Gasteiger partial charge >= 0.3 is 0 Å². The molecule has 3 rings (SSSR count). The molecule has 0 amide bonds. The average molecular weight is 341 g/mol. The second-order valence-corrected chi connectivity index (χ2v) is 6.41. The minimum Gasteiger partial charge on any atom is -0.464 e. The monoisotopic (exact) mass is 341 g/mol. The first-order valence-electron chi connectivity index (χ1n) is 8.18. The average Bonchev–Trinajstić information content (AvgIpc) is 3.04. The smallest absolute Gasteiger partial charge is 0.270 e. The lowest BCUT2D eigenvalue weighted by atomic mass is 9.79. The largest absolute Gasteiger partial charge is 0.464 e. The zero-order chi connectivity index (χ0) is 18.2. The van der Waals surface area contributed by atoms with Gasteiger partial charge < -0.3 is 9.52 Å². The molecule has 2 atom stereocenters. The van der Waals surface area contributed by atoms with Crippen LogP contribution in [-0.2, 0) is 0 Å². The number of nitro benzene ring substituents is 1. The molecule has 1 aliphatic rings. The van der Waals surface area contributed by atoms with Crippen LogP contribution in [-0.4, -0.2) is 21.4 Å². The van der Waals surface area contributed by atoms with E-state index in [1.807, 2.05) is 13.8 Å². The molecule has 6 heteroatoms. The van der Waals surface area contributed by atoms with E-state index in [1.165, 1.54) is 24.5 Å². The number of nitrogens with zero attached hydrogens (tertiary/aromatic N) is 1. The van der Waals surface area contributed by atoms with Crippen molar-refractivity contribution in [3.8, 4) is 0 Å². The molecule has 0 radical (unpaired) electrons. The summed E-state index contributed by atoms with van der Waals surface area (Å²) in [6.07, 6.45) is 7.50. The van der Waals surface area contributed by atoms with Crippen LogP contribution in [0, 0.1) is 16.0 Å². The Morgan fingerprint density at radius 3 is 2.84 bits per heavy atom. The van der Waals surface area contributed by atoms with Gasteiger partial charge in [-0.15, -0.1) is 0 Å². The summed E-state index contributed by atoms with van der Waals surface area (Å²) in [5.41, 5.74) is 0.106. The van der Waals surface area contributed by atoms with Crippen molar-refractivity contribution in [1.82, 2.24) is 0 Å². The Morgan fingerprint density at radius 1 is 1.48 bits per heavy atom. The lowest BCUT2D eigenvalue weighted by Gasteiger charge is -2.32. The van der Waals surface area contributed by atoms with Crippen LogP contribution in [0.2, 0.25) is 0 Å². The van der Waals surface area contributed by atoms with E-state index in [4.69, 9.17) is 4.42 Å². The summed E-state index contributed by atoms with van der Waals surface area (Å²) in [6, 6.07) is 4.16. The van der Waals surface area contributed by atoms with Gasteiger partial charge in [0.2, 0.25) is 0 Å². The molecule has 2 unspecified atom stereocenters. The number of hydrogen-bond donors (Lipinski definition) is 1. The van der Waals surface area contributed by atoms with Gasteiger partial charge in [0.25, 0.3) is 5.69 Å². The summed E-state index contributed by atoms with van der Waals surface area (Å²) in [5, 5.41) is 22.0. The minimum absolute atomic E-state index is 0.0778. The highest BCUT2D eigenvalue weighted by atomic mass is 16.6. The molecule has 2 aromatic rings. The number of ketones is 1. The highest BCUT2D eigenvalue weighted by Gasteiger charge is 2.32. The normalized spacial score (nSPS) is 21.2. The van der Waals surface area contributed by atoms with E-state index in [2.05, 4.69) is 0 Å². The van der Waals surface area contributed by atoms with Crippen LogP contribution in [0.25, 0.3) is 11.0 Å². The van der Waals surface area contributed by atoms with Crippen molar-refractivity contribution in [1.29, 1.82) is 0 Å². The number of nitro groups is 1. The molecule has 0 saturated carbocycles. The molecule has 130 valence electrons. The zero-order valence-electron chi connectivity index (χ0n) is 14.1. The number of rotatable bonds is 5. The lowest BCUT2D eigenvalue weighted by molar-refractivity contribution is -0.384. The molecule has 0 aliphatic heterocycles. The standard InChI is InChI=1S/C19H19NO5/c1-3-12(2)19(22)8-6-13(7-9-19)18(21)16-11-25-17-5-4-14(20(23)24)10-15(16)17/h4-8,10-12,22H,3,9H2,1-2H3. The number of carbonyl (C=O) groups is 1. The Labute approximate surface area is 144 Å². The van der Waals surface area contributed by atoms with Gasteiger partial charge in [0, 0.05) is 23.1 Å². The van der Waals surface area contributed by atoms with Crippen molar-refractivity contribution in [3.05, 3.63) is 63.9 Å². The Balaban J connectivity index is 1.92. The molecular formula is C19H19NO5. The number of Topliss-reactive ketones (excluding diaryl/α,β-unsaturated/α-hetero) is 1. The van der Waals surface area contributed by atoms with Gasteiger partial charge in [-0.1, -0.05) is 38.5 Å². The van der Waals surface area contributed by atoms with Crippen LogP contribution in [0.15, 0.2) is 52.7 Å². The van der Waals surface area contributed by atoms with Crippen LogP contribution >= 0.6 is 0 Å². The van der Waals surface area contributed by atoms with Crippen LogP contribution in [0.4, 0.5) is 5.69 Å². The van der Waals surface area contributed by atoms with E-state index in [1.54, 1.807) is 18.2 Å². The molecule has 1 aromatic heterocycles. The third kappa shape index (κ3) is 3.00. The van der Waals surface area contributed by atoms with Crippen molar-refractivity contribution in [2.75, 3.05) is 0 Å². The van der Waals surface area contributed by atoms with Gasteiger partial charge in [0.1, 0.15) is 11.8 Å². The van der Waals surface area contributed by atoms with E-state index in [0.717, 1.165) is 6.42 Å². The second-order valence-electron chi connectivity index (χ2n) is 6.41. The van der Waals surface area contributed by atoms with E-state index >= 15 is 0 Å². The fraction of sp³-hybridized carbons (Fsp3) is 0.316. The van der Waals surface area contributed by atoms with Crippen molar-refractivity contribution in [3.63, 3.8) is 0 Å². The quantitative estimate of drug-likeness (QED) is 0.500. The predicted molar refractivity (Wildman–Crippen MR) is 93.4 cm³/mol. The number of fused-ring (bicyclic) bond motifs is 1. The van der Waals surface area contributed by atoms with Gasteiger partial charge in [-0.3, -0.25) is 14.9 Å². The number of non-ortho nitro benzene ring substituents is 1. The van der Waals surface area contributed by atoms with Gasteiger partial charge in [-0.25, -0.2) is 0 Å². The molecule has 6 nitrogen and oxygen atoms in total. The van der Waals surface area contributed by atoms with Gasteiger partial charge in [0.15, 0.2) is 5.78 Å². The number of furan rings is 1. The Hall–Kier alpha value is -2.73. The SMILES string of the molecule is CCC(C)C1(O)C=CC(C(=O)c2coc3ccc([N+](=O)[O-])cc23)=CC1. The molecule has 1 aromatic carbocycles. The zero-order valence-corrected chi connectivity index (χ0v) is 14.1. The molecule has 1 heterocycles. The summed E-state index contributed by atoms with van der Waals surface area (Å²) < 4.78 is 5.35. The Morgan fingerprint density at radius 2 is 2.24 bits per heavy atom. The summed E-state index contributed by atoms with van der Waals surface area (Å²) in [5.74, 6) is -0.198. The molecule has 0 fully saturated rings. The van der Waals surface area contributed by atoms with Crippen LogP contribution < -0.4 is 0 Å². The molecule has 0 spiro atoms. The summed E-state index contributed by atoms with van der Waals surface area (Å²) in [4.78, 5) is 23.2. The minimum atomic E-state index is -0.949. The number of aliphatic hydroxyl groups is 1. The third-order valence-electron chi connectivity index (χ3n) is 4.94. The highest BCUT2D eigenvalue weighted by Crippen LogP contribution is 2.33. The maximum Gasteiger partial charge on any atom is 0.270 e. The molecule has 25 heavy (non-hydrogen) atoms. The fourth-order valence-electron chi connectivity index (χ4n) is 2.99. The topological polar surface area (TPSA) is 93.6 Å². The summed E-state index contributed by atoms with van der Waals surface area (Å²) >= 11 is 0. The number of allylic oxidation sites excluding steroid dienone is 2. The molecule has 1 N–H and O–H groups in total. The number of benzene rings is 1. The van der Waals surface area contributed by atoms with E-state index in [9.17, 15) is 20.0 Å². The van der Waals surface area contributed by atoms with Crippen LogP contribution in [0.5, 0.6) is 0 Å². The van der Waals surface area contributed by atoms with Gasteiger partial charge in [-0.2, -0.15) is 0 Å². The van der Waals surface area contributed by atoms with Crippen molar-refractivity contribution in [2.45, 2.75) is 32.3 Å². The molecule has 0 saturated heterocycles. The summed E-state index contributed by atoms with van der Waals surface area (Å²) in [7, 11) is 0. The first kappa shape index (κ1) is 17.1. The van der Waals surface area contributed by atoms with Crippen molar-refractivity contribution < 1.29 is 19.2 Å².